The van der Waals surface area contributed by atoms with Gasteiger partial charge in [-0.3, -0.25) is 4.79 Å². The van der Waals surface area contributed by atoms with Crippen LogP contribution in [-0.4, -0.2) is 37.0 Å². The van der Waals surface area contributed by atoms with Crippen molar-refractivity contribution in [1.29, 1.82) is 0 Å². The van der Waals surface area contributed by atoms with E-state index in [1.807, 2.05) is 12.1 Å². The Hall–Kier alpha value is -2.47. The third-order valence-electron chi connectivity index (χ3n) is 4.76. The lowest BCUT2D eigenvalue weighted by atomic mass is 10.1. The summed E-state index contributed by atoms with van der Waals surface area (Å²) in [6, 6.07) is 11.7. The van der Waals surface area contributed by atoms with Crippen LogP contribution in [0, 0.1) is 6.92 Å². The quantitative estimate of drug-likeness (QED) is 0.665. The Morgan fingerprint density at radius 1 is 1.07 bits per heavy atom. The molecule has 7 heteroatoms. The number of piperazine rings is 1. The van der Waals surface area contributed by atoms with Crippen molar-refractivity contribution in [3.63, 3.8) is 0 Å². The highest BCUT2D eigenvalue weighted by atomic mass is 35.5. The van der Waals surface area contributed by atoms with Crippen LogP contribution in [-0.2, 0) is 11.0 Å². The molecule has 1 aliphatic heterocycles. The molecular weight excluding hydrogens is 389 g/mol. The molecule has 0 aliphatic carbocycles. The first-order chi connectivity index (χ1) is 13.3. The Morgan fingerprint density at radius 3 is 2.39 bits per heavy atom. The Balaban J connectivity index is 1.63. The largest absolute Gasteiger partial charge is 0.417 e. The van der Waals surface area contributed by atoms with Crippen molar-refractivity contribution >= 4 is 29.3 Å². The predicted molar refractivity (Wildman–Crippen MR) is 105 cm³/mol. The second-order valence-corrected chi connectivity index (χ2v) is 7.08. The molecule has 3 nitrogen and oxygen atoms in total. The van der Waals surface area contributed by atoms with Crippen LogP contribution < -0.4 is 4.90 Å². The molecule has 0 saturated carbocycles. The first kappa shape index (κ1) is 20.3. The molecule has 0 radical (unpaired) electrons. The molecule has 1 fully saturated rings. The monoisotopic (exact) mass is 408 g/mol. The van der Waals surface area contributed by atoms with Gasteiger partial charge >= 0.3 is 6.18 Å². The Morgan fingerprint density at radius 2 is 1.75 bits per heavy atom. The molecule has 2 aromatic rings. The summed E-state index contributed by atoms with van der Waals surface area (Å²) in [7, 11) is 0. The maximum Gasteiger partial charge on any atom is 0.417 e. The van der Waals surface area contributed by atoms with E-state index in [4.69, 9.17) is 11.6 Å². The van der Waals surface area contributed by atoms with Crippen molar-refractivity contribution in [3.8, 4) is 0 Å². The molecule has 0 unspecified atom stereocenters. The van der Waals surface area contributed by atoms with Gasteiger partial charge in [0.1, 0.15) is 0 Å². The number of halogens is 4. The topological polar surface area (TPSA) is 23.6 Å². The minimum absolute atomic E-state index is 0.215. The van der Waals surface area contributed by atoms with Gasteiger partial charge in [-0.15, -0.1) is 0 Å². The highest BCUT2D eigenvalue weighted by Gasteiger charge is 2.33. The molecule has 1 amide bonds. The van der Waals surface area contributed by atoms with Crippen LogP contribution in [0.4, 0.5) is 18.9 Å². The van der Waals surface area contributed by atoms with Gasteiger partial charge in [0.25, 0.3) is 0 Å². The highest BCUT2D eigenvalue weighted by Crippen LogP contribution is 2.35. The molecule has 2 aromatic carbocycles. The minimum Gasteiger partial charge on any atom is -0.368 e. The van der Waals surface area contributed by atoms with Crippen molar-refractivity contribution in [2.75, 3.05) is 31.1 Å². The zero-order valence-corrected chi connectivity index (χ0v) is 16.1. The number of nitrogens with zero attached hydrogens (tertiary/aromatic N) is 2. The van der Waals surface area contributed by atoms with Gasteiger partial charge in [0, 0.05) is 37.9 Å². The molecule has 0 aromatic heterocycles. The zero-order valence-electron chi connectivity index (χ0n) is 15.3. The number of hydrogen-bond acceptors (Lipinski definition) is 2. The molecule has 148 valence electrons. The molecular formula is C21H20ClF3N2O. The summed E-state index contributed by atoms with van der Waals surface area (Å²) >= 11 is 5.62. The van der Waals surface area contributed by atoms with E-state index in [0.29, 0.717) is 26.2 Å². The summed E-state index contributed by atoms with van der Waals surface area (Å²) in [5.74, 6) is -0.215. The second-order valence-electron chi connectivity index (χ2n) is 6.67. The summed E-state index contributed by atoms with van der Waals surface area (Å²) < 4.78 is 38.8. The fourth-order valence-corrected chi connectivity index (χ4v) is 3.45. The highest BCUT2D eigenvalue weighted by molar-refractivity contribution is 6.31. The summed E-state index contributed by atoms with van der Waals surface area (Å²) in [4.78, 5) is 16.3. The molecule has 0 spiro atoms. The SMILES string of the molecule is Cc1ccccc1N1CCN(C(=O)/C=C/c2ccc(Cl)c(C(F)(F)F)c2)CC1. The number of carbonyl (C=O) groups excluding carboxylic acids is 1. The lowest BCUT2D eigenvalue weighted by Crippen LogP contribution is -2.48. The number of rotatable bonds is 3. The van der Waals surface area contributed by atoms with Crippen LogP contribution in [0.2, 0.25) is 5.02 Å². The van der Waals surface area contributed by atoms with Gasteiger partial charge < -0.3 is 9.80 Å². The number of hydrogen-bond donors (Lipinski definition) is 0. The maximum absolute atomic E-state index is 12.9. The van der Waals surface area contributed by atoms with Crippen molar-refractivity contribution in [2.24, 2.45) is 0 Å². The van der Waals surface area contributed by atoms with E-state index >= 15 is 0 Å². The number of anilines is 1. The fourth-order valence-electron chi connectivity index (χ4n) is 3.22. The molecule has 0 bridgehead atoms. The van der Waals surface area contributed by atoms with E-state index in [1.165, 1.54) is 29.8 Å². The van der Waals surface area contributed by atoms with Crippen LogP contribution >= 0.6 is 11.6 Å². The average Bonchev–Trinajstić information content (AvgIpc) is 2.67. The van der Waals surface area contributed by atoms with Crippen LogP contribution in [0.1, 0.15) is 16.7 Å². The van der Waals surface area contributed by atoms with E-state index in [-0.39, 0.29) is 16.5 Å². The number of benzene rings is 2. The number of para-hydroxylation sites is 1. The summed E-state index contributed by atoms with van der Waals surface area (Å²) in [5, 5.41) is -0.358. The number of carbonyl (C=O) groups is 1. The first-order valence-corrected chi connectivity index (χ1v) is 9.28. The normalized spacial score (nSPS) is 15.3. The average molecular weight is 409 g/mol. The first-order valence-electron chi connectivity index (χ1n) is 8.90. The van der Waals surface area contributed by atoms with Gasteiger partial charge in [0.2, 0.25) is 5.91 Å². The lowest BCUT2D eigenvalue weighted by Gasteiger charge is -2.36. The van der Waals surface area contributed by atoms with Crippen molar-refractivity contribution in [1.82, 2.24) is 4.90 Å². The molecule has 28 heavy (non-hydrogen) atoms. The van der Waals surface area contributed by atoms with Gasteiger partial charge in [-0.2, -0.15) is 13.2 Å². The lowest BCUT2D eigenvalue weighted by molar-refractivity contribution is -0.137. The number of aryl methyl sites for hydroxylation is 1. The third kappa shape index (κ3) is 4.68. The predicted octanol–water partition coefficient (Wildman–Crippen LogP) is 5.03. The van der Waals surface area contributed by atoms with E-state index in [0.717, 1.165) is 11.8 Å². The molecule has 0 N–H and O–H groups in total. The van der Waals surface area contributed by atoms with Gasteiger partial charge in [0.15, 0.2) is 0 Å². The summed E-state index contributed by atoms with van der Waals surface area (Å²) in [6.07, 6.45) is -1.83. The van der Waals surface area contributed by atoms with E-state index in [9.17, 15) is 18.0 Å². The molecule has 1 heterocycles. The molecule has 1 saturated heterocycles. The van der Waals surface area contributed by atoms with Crippen LogP contribution in [0.3, 0.4) is 0 Å². The number of amides is 1. The van der Waals surface area contributed by atoms with Gasteiger partial charge in [-0.25, -0.2) is 0 Å². The third-order valence-corrected chi connectivity index (χ3v) is 5.09. The molecule has 1 aliphatic rings. The minimum atomic E-state index is -4.53. The molecule has 0 atom stereocenters. The standard InChI is InChI=1S/C21H20ClF3N2O/c1-15-4-2-3-5-19(15)26-10-12-27(13-11-26)20(28)9-7-16-6-8-18(22)17(14-16)21(23,24)25/h2-9,14H,10-13H2,1H3/b9-7+. The van der Waals surface area contributed by atoms with Gasteiger partial charge in [0.05, 0.1) is 10.6 Å². The summed E-state index contributed by atoms with van der Waals surface area (Å²) in [5.41, 5.74) is 1.72. The van der Waals surface area contributed by atoms with Gasteiger partial charge in [-0.05, 0) is 42.3 Å². The van der Waals surface area contributed by atoms with Crippen LogP contribution in [0.15, 0.2) is 48.5 Å². The van der Waals surface area contributed by atoms with E-state index in [2.05, 4.69) is 24.0 Å². The Labute approximate surface area is 167 Å². The Kier molecular flexibility index (Phi) is 5.98. The maximum atomic E-state index is 12.9. The van der Waals surface area contributed by atoms with Crippen molar-refractivity contribution < 1.29 is 18.0 Å². The fraction of sp³-hybridized carbons (Fsp3) is 0.286. The van der Waals surface area contributed by atoms with Crippen LogP contribution in [0.5, 0.6) is 0 Å². The smallest absolute Gasteiger partial charge is 0.368 e. The second kappa shape index (κ2) is 8.27. The van der Waals surface area contributed by atoms with Crippen molar-refractivity contribution in [2.45, 2.75) is 13.1 Å². The zero-order chi connectivity index (χ0) is 20.3. The van der Waals surface area contributed by atoms with E-state index in [1.54, 1.807) is 4.90 Å². The van der Waals surface area contributed by atoms with Gasteiger partial charge in [-0.1, -0.05) is 35.9 Å². The molecule has 3 rings (SSSR count). The Bertz CT molecular complexity index is 887. The van der Waals surface area contributed by atoms with Crippen molar-refractivity contribution in [3.05, 3.63) is 70.3 Å². The number of alkyl halides is 3. The summed E-state index contributed by atoms with van der Waals surface area (Å²) in [6.45, 7) is 4.60. The van der Waals surface area contributed by atoms with Crippen LogP contribution in [0.25, 0.3) is 6.08 Å². The van der Waals surface area contributed by atoms with E-state index < -0.39 is 11.7 Å².